The van der Waals surface area contributed by atoms with Gasteiger partial charge in [0.15, 0.2) is 0 Å². The van der Waals surface area contributed by atoms with Crippen LogP contribution in [0.4, 0.5) is 13.2 Å². The lowest BCUT2D eigenvalue weighted by Crippen LogP contribution is -2.27. The number of nitrogens with one attached hydrogen (secondary N) is 1. The van der Waals surface area contributed by atoms with Crippen molar-refractivity contribution in [2.75, 3.05) is 0 Å². The number of benzene rings is 3. The summed E-state index contributed by atoms with van der Waals surface area (Å²) in [5.41, 5.74) is 0.381. The molecule has 3 rings (SSSR count). The van der Waals surface area contributed by atoms with Gasteiger partial charge >= 0.3 is 12.1 Å². The van der Waals surface area contributed by atoms with Crippen LogP contribution in [0.1, 0.15) is 27.0 Å². The average molecular weight is 441 g/mol. The van der Waals surface area contributed by atoms with Crippen LogP contribution in [0, 0.1) is 0 Å². The van der Waals surface area contributed by atoms with Crippen molar-refractivity contribution >= 4 is 18.0 Å². The van der Waals surface area contributed by atoms with Gasteiger partial charge in [0.2, 0.25) is 0 Å². The zero-order chi connectivity index (χ0) is 23.1. The number of carboxylic acid groups (broad SMARTS) is 1. The summed E-state index contributed by atoms with van der Waals surface area (Å²) in [5.74, 6) is -1.39. The fraction of sp³-hybridized carbons (Fsp3) is 0.0833. The molecule has 0 aromatic heterocycles. The Bertz CT molecular complexity index is 1110. The molecule has 1 amide bonds. The lowest BCUT2D eigenvalue weighted by molar-refractivity contribution is -0.137. The molecular weight excluding hydrogens is 423 g/mol. The largest absolute Gasteiger partial charge is 0.489 e. The Morgan fingerprint density at radius 1 is 0.906 bits per heavy atom. The van der Waals surface area contributed by atoms with Gasteiger partial charge in [0.25, 0.3) is 5.91 Å². The number of alkyl halides is 3. The standard InChI is InChI=1S/C24H18F3NO4/c25-24(26,27)19-10-6-17(7-11-19)15-32-20-12-8-16(9-13-20)14-21(23(30)31)28-22(29)18-4-2-1-3-5-18/h1-14H,15H2,(H,28,29)(H,30,31). The zero-order valence-electron chi connectivity index (χ0n) is 16.6. The van der Waals surface area contributed by atoms with Gasteiger partial charge in [0, 0.05) is 5.56 Å². The molecule has 0 radical (unpaired) electrons. The summed E-state index contributed by atoms with van der Waals surface area (Å²) in [6, 6.07) is 19.3. The fourth-order valence-corrected chi connectivity index (χ4v) is 2.72. The van der Waals surface area contributed by atoms with Gasteiger partial charge in [-0.05, 0) is 53.6 Å². The van der Waals surface area contributed by atoms with Crippen LogP contribution in [0.2, 0.25) is 0 Å². The Morgan fingerprint density at radius 3 is 2.09 bits per heavy atom. The molecule has 0 unspecified atom stereocenters. The number of aliphatic carboxylic acids is 1. The molecule has 0 saturated heterocycles. The quantitative estimate of drug-likeness (QED) is 0.498. The fourth-order valence-electron chi connectivity index (χ4n) is 2.72. The van der Waals surface area contributed by atoms with Crippen molar-refractivity contribution in [3.63, 3.8) is 0 Å². The van der Waals surface area contributed by atoms with E-state index in [1.165, 1.54) is 18.2 Å². The molecule has 0 heterocycles. The molecule has 0 spiro atoms. The topological polar surface area (TPSA) is 75.6 Å². The van der Waals surface area contributed by atoms with Crippen molar-refractivity contribution < 1.29 is 32.6 Å². The van der Waals surface area contributed by atoms with Gasteiger partial charge in [0.1, 0.15) is 18.1 Å². The molecule has 0 aliphatic carbocycles. The predicted octanol–water partition coefficient (Wildman–Crippen LogP) is 5.14. The van der Waals surface area contributed by atoms with Gasteiger partial charge in [-0.2, -0.15) is 13.2 Å². The number of amides is 1. The first-order valence-corrected chi connectivity index (χ1v) is 9.43. The van der Waals surface area contributed by atoms with E-state index in [4.69, 9.17) is 4.74 Å². The van der Waals surface area contributed by atoms with Crippen LogP contribution in [0.15, 0.2) is 84.6 Å². The Labute approximate surface area is 181 Å². The van der Waals surface area contributed by atoms with Crippen molar-refractivity contribution in [3.8, 4) is 5.75 Å². The molecule has 3 aromatic carbocycles. The Kier molecular flexibility index (Phi) is 6.94. The maximum absolute atomic E-state index is 12.6. The number of hydrogen-bond acceptors (Lipinski definition) is 3. The summed E-state index contributed by atoms with van der Waals surface area (Å²) in [6.07, 6.45) is -3.08. The van der Waals surface area contributed by atoms with Crippen molar-refractivity contribution in [2.45, 2.75) is 12.8 Å². The first kappa shape index (κ1) is 22.6. The first-order valence-electron chi connectivity index (χ1n) is 9.43. The molecule has 0 atom stereocenters. The van der Waals surface area contributed by atoms with E-state index in [0.29, 0.717) is 22.4 Å². The highest BCUT2D eigenvalue weighted by molar-refractivity contribution is 6.02. The number of carbonyl (C=O) groups excluding carboxylic acids is 1. The maximum Gasteiger partial charge on any atom is 0.416 e. The van der Waals surface area contributed by atoms with E-state index in [0.717, 1.165) is 12.1 Å². The molecule has 0 bridgehead atoms. The third kappa shape index (κ3) is 6.21. The summed E-state index contributed by atoms with van der Waals surface area (Å²) in [4.78, 5) is 23.7. The number of carboxylic acids is 1. The molecule has 8 heteroatoms. The van der Waals surface area contributed by atoms with E-state index in [-0.39, 0.29) is 12.3 Å². The number of halogens is 3. The van der Waals surface area contributed by atoms with Crippen LogP contribution in [0.5, 0.6) is 5.75 Å². The monoisotopic (exact) mass is 441 g/mol. The second-order valence-corrected chi connectivity index (χ2v) is 6.74. The molecule has 0 aliphatic heterocycles. The predicted molar refractivity (Wildman–Crippen MR) is 112 cm³/mol. The van der Waals surface area contributed by atoms with Crippen molar-refractivity contribution in [2.24, 2.45) is 0 Å². The lowest BCUT2D eigenvalue weighted by Gasteiger charge is -2.09. The molecule has 32 heavy (non-hydrogen) atoms. The van der Waals surface area contributed by atoms with Crippen LogP contribution >= 0.6 is 0 Å². The number of hydrogen-bond donors (Lipinski definition) is 2. The number of carbonyl (C=O) groups is 2. The molecule has 0 fully saturated rings. The van der Waals surface area contributed by atoms with Gasteiger partial charge in [-0.1, -0.05) is 42.5 Å². The summed E-state index contributed by atoms with van der Waals surface area (Å²) in [5, 5.41) is 11.8. The summed E-state index contributed by atoms with van der Waals surface area (Å²) < 4.78 is 43.4. The van der Waals surface area contributed by atoms with Gasteiger partial charge < -0.3 is 15.2 Å². The normalized spacial score (nSPS) is 11.7. The Morgan fingerprint density at radius 2 is 1.53 bits per heavy atom. The molecule has 2 N–H and O–H groups in total. The van der Waals surface area contributed by atoms with Gasteiger partial charge in [0.05, 0.1) is 5.56 Å². The Balaban J connectivity index is 1.63. The van der Waals surface area contributed by atoms with E-state index >= 15 is 0 Å². The second kappa shape index (κ2) is 9.82. The molecule has 0 saturated carbocycles. The van der Waals surface area contributed by atoms with E-state index in [9.17, 15) is 27.9 Å². The summed E-state index contributed by atoms with van der Waals surface area (Å²) >= 11 is 0. The molecule has 5 nitrogen and oxygen atoms in total. The van der Waals surface area contributed by atoms with Gasteiger partial charge in [-0.3, -0.25) is 4.79 Å². The van der Waals surface area contributed by atoms with Crippen LogP contribution in [-0.2, 0) is 17.6 Å². The van der Waals surface area contributed by atoms with E-state index < -0.39 is 23.6 Å². The molecule has 164 valence electrons. The Hall–Kier alpha value is -4.07. The highest BCUT2D eigenvalue weighted by Crippen LogP contribution is 2.29. The van der Waals surface area contributed by atoms with Crippen LogP contribution in [0.25, 0.3) is 6.08 Å². The number of rotatable bonds is 7. The van der Waals surface area contributed by atoms with E-state index in [1.807, 2.05) is 0 Å². The smallest absolute Gasteiger partial charge is 0.416 e. The SMILES string of the molecule is O=C(O)C(=Cc1ccc(OCc2ccc(C(F)(F)F)cc2)cc1)NC(=O)c1ccccc1. The van der Waals surface area contributed by atoms with Crippen LogP contribution in [0.3, 0.4) is 0 Å². The zero-order valence-corrected chi connectivity index (χ0v) is 16.6. The van der Waals surface area contributed by atoms with Gasteiger partial charge in [-0.25, -0.2) is 4.79 Å². The highest BCUT2D eigenvalue weighted by atomic mass is 19.4. The second-order valence-electron chi connectivity index (χ2n) is 6.74. The van der Waals surface area contributed by atoms with Crippen molar-refractivity contribution in [1.29, 1.82) is 0 Å². The third-order valence-corrected chi connectivity index (χ3v) is 4.39. The lowest BCUT2D eigenvalue weighted by atomic mass is 10.1. The van der Waals surface area contributed by atoms with Crippen LogP contribution < -0.4 is 10.1 Å². The first-order chi connectivity index (χ1) is 15.2. The summed E-state index contributed by atoms with van der Waals surface area (Å²) in [7, 11) is 0. The van der Waals surface area contributed by atoms with Crippen LogP contribution in [-0.4, -0.2) is 17.0 Å². The number of ether oxygens (including phenoxy) is 1. The summed E-state index contributed by atoms with van der Waals surface area (Å²) in [6.45, 7) is 0.0703. The maximum atomic E-state index is 12.6. The molecular formula is C24H18F3NO4. The van der Waals surface area contributed by atoms with E-state index in [1.54, 1.807) is 54.6 Å². The molecule has 0 aliphatic rings. The van der Waals surface area contributed by atoms with Crippen molar-refractivity contribution in [1.82, 2.24) is 5.32 Å². The highest BCUT2D eigenvalue weighted by Gasteiger charge is 2.29. The van der Waals surface area contributed by atoms with Gasteiger partial charge in [-0.15, -0.1) is 0 Å². The minimum absolute atomic E-state index is 0.0703. The average Bonchev–Trinajstić information content (AvgIpc) is 2.78. The minimum Gasteiger partial charge on any atom is -0.489 e. The molecule has 3 aromatic rings. The van der Waals surface area contributed by atoms with E-state index in [2.05, 4.69) is 5.32 Å². The van der Waals surface area contributed by atoms with Crippen molar-refractivity contribution in [3.05, 3.63) is 107 Å². The third-order valence-electron chi connectivity index (χ3n) is 4.39. The minimum atomic E-state index is -4.39.